The molecular weight excluding hydrogens is 540 g/mol. The van der Waals surface area contributed by atoms with E-state index in [4.69, 9.17) is 4.74 Å². The Bertz CT molecular complexity index is 1260. The van der Waals surface area contributed by atoms with Crippen molar-refractivity contribution in [2.24, 2.45) is 0 Å². The van der Waals surface area contributed by atoms with Crippen molar-refractivity contribution < 1.29 is 35.9 Å². The highest BCUT2D eigenvalue weighted by atomic mass is 32.1. The third-order valence-corrected chi connectivity index (χ3v) is 6.33. The summed E-state index contributed by atoms with van der Waals surface area (Å²) in [7, 11) is 0. The Morgan fingerprint density at radius 2 is 1.87 bits per heavy atom. The van der Waals surface area contributed by atoms with Gasteiger partial charge in [-0.3, -0.25) is 14.7 Å². The van der Waals surface area contributed by atoms with Crippen LogP contribution in [0.1, 0.15) is 34.6 Å². The molecule has 0 unspecified atom stereocenters. The first-order chi connectivity index (χ1) is 17.9. The number of aryl methyl sites for hydroxylation is 1. The van der Waals surface area contributed by atoms with Crippen LogP contribution >= 0.6 is 11.5 Å². The zero-order chi connectivity index (χ0) is 27.5. The van der Waals surface area contributed by atoms with Gasteiger partial charge in [0, 0.05) is 19.2 Å². The molecule has 2 N–H and O–H groups in total. The number of amides is 1. The van der Waals surface area contributed by atoms with Crippen molar-refractivity contribution in [3.63, 3.8) is 0 Å². The molecule has 1 aliphatic heterocycles. The maximum Gasteiger partial charge on any atom is 0.434 e. The molecule has 3 aromatic rings. The van der Waals surface area contributed by atoms with E-state index in [-0.39, 0.29) is 41.5 Å². The SMILES string of the molecule is Cc1nsc(Nc2cncc(C(F)(F)F)n2)c1C(=O)Nc1ccc(OC2CCN(CC(F)(F)F)CC2)nc1. The van der Waals surface area contributed by atoms with Gasteiger partial charge in [0.05, 0.1) is 42.1 Å². The molecule has 9 nitrogen and oxygen atoms in total. The quantitative estimate of drug-likeness (QED) is 0.386. The Hall–Kier alpha value is -3.53. The van der Waals surface area contributed by atoms with E-state index in [2.05, 4.69) is 30.0 Å². The minimum absolute atomic E-state index is 0.111. The second kappa shape index (κ2) is 11.1. The predicted octanol–water partition coefficient (Wildman–Crippen LogP) is 5.06. The standard InChI is InChI=1S/C22H21F6N7O2S/c1-12-18(20(38-34-12)33-16-10-29-9-15(32-16)22(26,27)28)19(36)31-13-2-3-17(30-8-13)37-14-4-6-35(7-5-14)11-21(23,24)25/h2-3,8-10,14H,4-7,11H2,1H3,(H,31,36)(H,32,33). The van der Waals surface area contributed by atoms with Crippen LogP contribution in [-0.2, 0) is 6.18 Å². The molecule has 3 aromatic heterocycles. The Balaban J connectivity index is 1.35. The fourth-order valence-corrected chi connectivity index (χ4v) is 4.53. The molecule has 0 atom stereocenters. The third-order valence-electron chi connectivity index (χ3n) is 5.48. The molecular formula is C22H21F6N7O2S. The van der Waals surface area contributed by atoms with Gasteiger partial charge in [0.1, 0.15) is 16.9 Å². The van der Waals surface area contributed by atoms with E-state index in [0.717, 1.165) is 17.7 Å². The van der Waals surface area contributed by atoms with Crippen LogP contribution in [0, 0.1) is 6.92 Å². The van der Waals surface area contributed by atoms with Crippen molar-refractivity contribution in [1.82, 2.24) is 24.2 Å². The average molecular weight is 562 g/mol. The molecule has 1 aliphatic rings. The Morgan fingerprint density at radius 1 is 1.13 bits per heavy atom. The predicted molar refractivity (Wildman–Crippen MR) is 126 cm³/mol. The van der Waals surface area contributed by atoms with Gasteiger partial charge >= 0.3 is 12.4 Å². The summed E-state index contributed by atoms with van der Waals surface area (Å²) in [6.45, 7) is 1.14. The summed E-state index contributed by atoms with van der Waals surface area (Å²) in [5.41, 5.74) is -0.410. The van der Waals surface area contributed by atoms with Crippen LogP contribution in [0.15, 0.2) is 30.7 Å². The lowest BCUT2D eigenvalue weighted by molar-refractivity contribution is -0.149. The second-order valence-corrected chi connectivity index (χ2v) is 9.21. The number of alkyl halides is 6. The fourth-order valence-electron chi connectivity index (χ4n) is 3.73. The van der Waals surface area contributed by atoms with E-state index in [1.165, 1.54) is 17.2 Å². The minimum atomic E-state index is -4.68. The highest BCUT2D eigenvalue weighted by Gasteiger charge is 2.34. The second-order valence-electron chi connectivity index (χ2n) is 8.43. The first-order valence-corrected chi connectivity index (χ1v) is 12.0. The Labute approximate surface area is 216 Å². The molecule has 1 amide bonds. The average Bonchev–Trinajstić information content (AvgIpc) is 3.20. The summed E-state index contributed by atoms with van der Waals surface area (Å²) in [6, 6.07) is 3.06. The van der Waals surface area contributed by atoms with Gasteiger partial charge in [0.2, 0.25) is 5.88 Å². The van der Waals surface area contributed by atoms with E-state index in [1.54, 1.807) is 13.0 Å². The molecule has 0 spiro atoms. The van der Waals surface area contributed by atoms with Crippen molar-refractivity contribution in [2.75, 3.05) is 30.3 Å². The molecule has 0 aliphatic carbocycles. The van der Waals surface area contributed by atoms with E-state index in [0.29, 0.717) is 30.4 Å². The monoisotopic (exact) mass is 561 g/mol. The lowest BCUT2D eigenvalue weighted by Gasteiger charge is -2.32. The molecule has 16 heteroatoms. The number of halogens is 6. The number of likely N-dealkylation sites (tertiary alicyclic amines) is 1. The molecule has 1 fully saturated rings. The lowest BCUT2D eigenvalue weighted by Crippen LogP contribution is -2.42. The number of pyridine rings is 1. The largest absolute Gasteiger partial charge is 0.474 e. The number of hydrogen-bond donors (Lipinski definition) is 2. The minimum Gasteiger partial charge on any atom is -0.474 e. The maximum absolute atomic E-state index is 12.9. The number of piperidine rings is 1. The molecule has 204 valence electrons. The lowest BCUT2D eigenvalue weighted by atomic mass is 10.1. The van der Waals surface area contributed by atoms with E-state index < -0.39 is 30.5 Å². The van der Waals surface area contributed by atoms with Gasteiger partial charge in [-0.15, -0.1) is 0 Å². The number of rotatable bonds is 7. The molecule has 0 saturated carbocycles. The van der Waals surface area contributed by atoms with Crippen molar-refractivity contribution in [2.45, 2.75) is 38.2 Å². The molecule has 4 heterocycles. The molecule has 1 saturated heterocycles. The van der Waals surface area contributed by atoms with Gasteiger partial charge in [-0.05, 0) is 37.4 Å². The highest BCUT2D eigenvalue weighted by Crippen LogP contribution is 2.31. The molecule has 4 rings (SSSR count). The number of carbonyl (C=O) groups is 1. The van der Waals surface area contributed by atoms with Gasteiger partial charge in [0.25, 0.3) is 5.91 Å². The topological polar surface area (TPSA) is 105 Å². The third kappa shape index (κ3) is 7.28. The summed E-state index contributed by atoms with van der Waals surface area (Å²) in [5.74, 6) is -0.521. The van der Waals surface area contributed by atoms with E-state index in [1.807, 2.05) is 0 Å². The number of nitrogens with one attached hydrogen (secondary N) is 2. The van der Waals surface area contributed by atoms with Gasteiger partial charge in [-0.25, -0.2) is 9.97 Å². The normalized spacial score (nSPS) is 15.3. The number of anilines is 3. The summed E-state index contributed by atoms with van der Waals surface area (Å²) >= 11 is 0.876. The number of hydrogen-bond acceptors (Lipinski definition) is 9. The molecule has 0 radical (unpaired) electrons. The van der Waals surface area contributed by atoms with Crippen molar-refractivity contribution >= 4 is 33.9 Å². The van der Waals surface area contributed by atoms with Gasteiger partial charge < -0.3 is 15.4 Å². The molecule has 0 bridgehead atoms. The van der Waals surface area contributed by atoms with Crippen molar-refractivity contribution in [3.05, 3.63) is 47.7 Å². The van der Waals surface area contributed by atoms with Crippen LogP contribution in [0.4, 0.5) is 42.8 Å². The Kier molecular flexibility index (Phi) is 8.01. The molecule has 0 aromatic carbocycles. The van der Waals surface area contributed by atoms with Crippen LogP contribution in [0.3, 0.4) is 0 Å². The number of carbonyl (C=O) groups excluding carboxylic acids is 1. The first-order valence-electron chi connectivity index (χ1n) is 11.2. The van der Waals surface area contributed by atoms with Crippen LogP contribution in [0.25, 0.3) is 0 Å². The zero-order valence-electron chi connectivity index (χ0n) is 19.7. The van der Waals surface area contributed by atoms with Gasteiger partial charge in [-0.2, -0.15) is 30.7 Å². The van der Waals surface area contributed by atoms with Crippen LogP contribution in [0.5, 0.6) is 5.88 Å². The van der Waals surface area contributed by atoms with Crippen molar-refractivity contribution in [3.8, 4) is 5.88 Å². The van der Waals surface area contributed by atoms with Crippen LogP contribution in [-0.4, -0.2) is 62.0 Å². The first kappa shape index (κ1) is 27.5. The maximum atomic E-state index is 12.9. The summed E-state index contributed by atoms with van der Waals surface area (Å²) < 4.78 is 86.3. The fraction of sp³-hybridized carbons (Fsp3) is 0.409. The van der Waals surface area contributed by atoms with E-state index >= 15 is 0 Å². The smallest absolute Gasteiger partial charge is 0.434 e. The summed E-state index contributed by atoms with van der Waals surface area (Å²) in [4.78, 5) is 25.4. The number of aromatic nitrogens is 4. The van der Waals surface area contributed by atoms with Crippen molar-refractivity contribution in [1.29, 1.82) is 0 Å². The zero-order valence-corrected chi connectivity index (χ0v) is 20.5. The highest BCUT2D eigenvalue weighted by molar-refractivity contribution is 7.10. The van der Waals surface area contributed by atoms with Crippen LogP contribution in [0.2, 0.25) is 0 Å². The summed E-state index contributed by atoms with van der Waals surface area (Å²) in [6.07, 6.45) is -5.31. The van der Waals surface area contributed by atoms with E-state index in [9.17, 15) is 31.1 Å². The van der Waals surface area contributed by atoms with Crippen LogP contribution < -0.4 is 15.4 Å². The summed E-state index contributed by atoms with van der Waals surface area (Å²) in [5, 5.41) is 5.49. The Morgan fingerprint density at radius 3 is 2.50 bits per heavy atom. The van der Waals surface area contributed by atoms with Gasteiger partial charge in [0.15, 0.2) is 5.69 Å². The van der Waals surface area contributed by atoms with Gasteiger partial charge in [-0.1, -0.05) is 0 Å². The molecule has 38 heavy (non-hydrogen) atoms. The number of nitrogens with zero attached hydrogens (tertiary/aromatic N) is 5. The number of ether oxygens (including phenoxy) is 1.